The molecule has 4 N–H and O–H groups in total. The molecule has 1 saturated heterocycles. The molecular weight excluding hydrogens is 763 g/mol. The van der Waals surface area contributed by atoms with Gasteiger partial charge in [0.1, 0.15) is 54.7 Å². The van der Waals surface area contributed by atoms with Crippen molar-refractivity contribution in [1.82, 2.24) is 14.6 Å². The minimum absolute atomic E-state index is 0.00490. The van der Waals surface area contributed by atoms with Crippen LogP contribution < -0.4 is 10.5 Å². The number of aromatic nitrogens is 3. The number of methoxy groups -OCH3 is 1. The fraction of sp³-hybridized carbons (Fsp3) is 0.667. The average molecular weight is 827 g/mol. The molecule has 58 heavy (non-hydrogen) atoms. The summed E-state index contributed by atoms with van der Waals surface area (Å²) in [7, 11) is -3.30. The summed E-state index contributed by atoms with van der Waals surface area (Å²) in [4.78, 5) is 14.6. The average Bonchev–Trinajstić information content (AvgIpc) is 3.81. The zero-order valence-electron chi connectivity index (χ0n) is 34.3. The largest absolute Gasteiger partial charge is 0.495 e. The Balaban J connectivity index is 1.20. The Hall–Kier alpha value is -3.63. The standard InChI is InChI=1S/C42H63N6O9P/c1-3-4-5-6-7-8-9-10-11-12-13-14-15-16-17-18-23-53-28-35(54-27-33-19-22-38(52-2)34(24-33)26-43)29-55-58(50,51)56-31-42(30-44)40(49)25-39(57-42)36-20-21-37-41(45)46-32-47-48(36)37/h19-22,24,32,35,39-40,49H,3-18,23,25,27-29,31H2,1-2H3,(H,50,51)(H2,45,46,47)/t35-,39-,40+,42-/m1/s1. The van der Waals surface area contributed by atoms with E-state index in [0.717, 1.165) is 19.3 Å². The van der Waals surface area contributed by atoms with E-state index >= 15 is 0 Å². The molecule has 0 radical (unpaired) electrons. The second-order valence-corrected chi connectivity index (χ2v) is 16.5. The number of phosphoric acid groups is 1. The van der Waals surface area contributed by atoms with Gasteiger partial charge in [0.25, 0.3) is 0 Å². The van der Waals surface area contributed by atoms with Crippen molar-refractivity contribution in [3.05, 3.63) is 53.5 Å². The molecule has 1 aliphatic rings. The van der Waals surface area contributed by atoms with Crippen molar-refractivity contribution in [3.8, 4) is 17.9 Å². The van der Waals surface area contributed by atoms with Gasteiger partial charge in [-0.1, -0.05) is 109 Å². The lowest BCUT2D eigenvalue weighted by Crippen LogP contribution is -2.42. The number of rotatable bonds is 30. The lowest BCUT2D eigenvalue weighted by Gasteiger charge is -2.26. The highest BCUT2D eigenvalue weighted by atomic mass is 31.2. The first kappa shape index (κ1) is 47.1. The van der Waals surface area contributed by atoms with Gasteiger partial charge >= 0.3 is 7.82 Å². The van der Waals surface area contributed by atoms with Crippen LogP contribution in [0, 0.1) is 22.7 Å². The maximum absolute atomic E-state index is 13.1. The van der Waals surface area contributed by atoms with Gasteiger partial charge in [-0.05, 0) is 36.2 Å². The number of ether oxygens (including phenoxy) is 4. The Kier molecular flexibility index (Phi) is 20.4. The monoisotopic (exact) mass is 826 g/mol. The van der Waals surface area contributed by atoms with Gasteiger partial charge in [-0.15, -0.1) is 0 Å². The maximum atomic E-state index is 13.1. The molecule has 3 heterocycles. The fourth-order valence-electron chi connectivity index (χ4n) is 7.08. The molecule has 0 aliphatic carbocycles. The number of phosphoric ester groups is 1. The molecule has 1 aliphatic heterocycles. The molecule has 1 unspecified atom stereocenters. The summed E-state index contributed by atoms with van der Waals surface area (Å²) in [5.41, 5.74) is 6.05. The van der Waals surface area contributed by atoms with Gasteiger partial charge in [-0.2, -0.15) is 15.6 Å². The number of hydrogen-bond donors (Lipinski definition) is 3. The van der Waals surface area contributed by atoms with Crippen molar-refractivity contribution in [3.63, 3.8) is 0 Å². The Labute approximate surface area is 343 Å². The predicted octanol–water partition coefficient (Wildman–Crippen LogP) is 8.27. The number of unbranched alkanes of at least 4 members (excludes halogenated alkanes) is 15. The third-order valence-electron chi connectivity index (χ3n) is 10.5. The van der Waals surface area contributed by atoms with E-state index in [2.05, 4.69) is 23.1 Å². The molecule has 3 aromatic rings. The summed E-state index contributed by atoms with van der Waals surface area (Å²) in [6.07, 6.45) is 18.7. The number of fused-ring (bicyclic) bond motifs is 1. The summed E-state index contributed by atoms with van der Waals surface area (Å²) < 4.78 is 48.4. The molecule has 0 spiro atoms. The minimum Gasteiger partial charge on any atom is -0.495 e. The second-order valence-electron chi connectivity index (χ2n) is 15.1. The van der Waals surface area contributed by atoms with Crippen LogP contribution in [0.2, 0.25) is 0 Å². The molecule has 16 heteroatoms. The van der Waals surface area contributed by atoms with E-state index in [1.165, 1.54) is 101 Å². The van der Waals surface area contributed by atoms with Crippen molar-refractivity contribution in [1.29, 1.82) is 10.5 Å². The quantitative estimate of drug-likeness (QED) is 0.0426. The van der Waals surface area contributed by atoms with E-state index in [4.69, 9.17) is 33.7 Å². The molecule has 2 aromatic heterocycles. The van der Waals surface area contributed by atoms with E-state index in [-0.39, 0.29) is 32.1 Å². The normalized spacial score (nSPS) is 19.5. The Bertz CT molecular complexity index is 1800. The number of hydrogen-bond acceptors (Lipinski definition) is 13. The van der Waals surface area contributed by atoms with Crippen LogP contribution in [0.4, 0.5) is 5.82 Å². The van der Waals surface area contributed by atoms with Gasteiger partial charge < -0.3 is 34.7 Å². The van der Waals surface area contributed by atoms with Gasteiger partial charge in [0, 0.05) is 13.0 Å². The molecular formula is C42H63N6O9P. The number of aliphatic hydroxyl groups is 1. The third kappa shape index (κ3) is 14.9. The van der Waals surface area contributed by atoms with Crippen LogP contribution >= 0.6 is 7.82 Å². The SMILES string of the molecule is CCCCCCCCCCCCCCCCCCOC[C@H](COP(=O)(O)OC[C@@]1(C#N)O[C@@H](c2ccc3c(N)ncnn23)C[C@@H]1O)OCc1ccc(OC)c(C#N)c1. The highest BCUT2D eigenvalue weighted by Crippen LogP contribution is 2.47. The van der Waals surface area contributed by atoms with Crippen LogP contribution in [0.5, 0.6) is 5.75 Å². The molecule has 0 saturated carbocycles. The van der Waals surface area contributed by atoms with Crippen molar-refractivity contribution in [2.45, 2.75) is 147 Å². The van der Waals surface area contributed by atoms with E-state index in [1.807, 2.05) is 6.07 Å². The van der Waals surface area contributed by atoms with Crippen LogP contribution in [0.15, 0.2) is 36.7 Å². The van der Waals surface area contributed by atoms with Crippen molar-refractivity contribution < 1.29 is 42.6 Å². The molecule has 4 rings (SSSR count). The lowest BCUT2D eigenvalue weighted by molar-refractivity contribution is -0.0790. The summed E-state index contributed by atoms with van der Waals surface area (Å²) in [6.45, 7) is 1.76. The Morgan fingerprint density at radius 1 is 0.966 bits per heavy atom. The van der Waals surface area contributed by atoms with Crippen LogP contribution in [-0.4, -0.2) is 75.9 Å². The third-order valence-corrected chi connectivity index (χ3v) is 11.5. The minimum atomic E-state index is -4.78. The number of nitriles is 2. The smallest absolute Gasteiger partial charge is 0.472 e. The van der Waals surface area contributed by atoms with Crippen LogP contribution in [-0.2, 0) is 34.4 Å². The number of nitrogen functional groups attached to an aromatic ring is 1. The van der Waals surface area contributed by atoms with Gasteiger partial charge in [0.2, 0.25) is 5.60 Å². The van der Waals surface area contributed by atoms with Crippen molar-refractivity contribution in [2.75, 3.05) is 39.3 Å². The van der Waals surface area contributed by atoms with Gasteiger partial charge in [-0.25, -0.2) is 14.1 Å². The first-order valence-corrected chi connectivity index (χ1v) is 22.4. The van der Waals surface area contributed by atoms with Crippen molar-refractivity contribution >= 4 is 19.2 Å². The highest BCUT2D eigenvalue weighted by Gasteiger charge is 2.51. The van der Waals surface area contributed by atoms with Gasteiger partial charge in [-0.3, -0.25) is 9.05 Å². The Morgan fingerprint density at radius 2 is 1.62 bits per heavy atom. The first-order valence-electron chi connectivity index (χ1n) is 20.9. The van der Waals surface area contributed by atoms with E-state index in [9.17, 15) is 25.1 Å². The van der Waals surface area contributed by atoms with Crippen molar-refractivity contribution in [2.24, 2.45) is 0 Å². The van der Waals surface area contributed by atoms with Crippen LogP contribution in [0.3, 0.4) is 0 Å². The molecule has 0 bridgehead atoms. The summed E-state index contributed by atoms with van der Waals surface area (Å²) in [6, 6.07) is 12.5. The van der Waals surface area contributed by atoms with E-state index in [1.54, 1.807) is 30.3 Å². The first-order chi connectivity index (χ1) is 28.1. The molecule has 15 nitrogen and oxygen atoms in total. The number of nitrogens with zero attached hydrogens (tertiary/aromatic N) is 5. The maximum Gasteiger partial charge on any atom is 0.472 e. The predicted molar refractivity (Wildman–Crippen MR) is 219 cm³/mol. The zero-order valence-corrected chi connectivity index (χ0v) is 35.2. The number of anilines is 1. The van der Waals surface area contributed by atoms with Gasteiger partial charge in [0.15, 0.2) is 5.82 Å². The molecule has 0 amide bonds. The summed E-state index contributed by atoms with van der Waals surface area (Å²) in [5.74, 6) is 0.682. The number of nitrogens with two attached hydrogens (primary N) is 1. The molecule has 1 aromatic carbocycles. The molecule has 5 atom stereocenters. The van der Waals surface area contributed by atoms with Crippen LogP contribution in [0.1, 0.15) is 139 Å². The van der Waals surface area contributed by atoms with Gasteiger partial charge in [0.05, 0.1) is 38.2 Å². The topological polar surface area (TPSA) is 217 Å². The highest BCUT2D eigenvalue weighted by molar-refractivity contribution is 7.47. The number of aliphatic hydroxyl groups excluding tert-OH is 1. The lowest BCUT2D eigenvalue weighted by atomic mass is 9.99. The summed E-state index contributed by atoms with van der Waals surface area (Å²) in [5, 5.41) is 34.7. The fourth-order valence-corrected chi connectivity index (χ4v) is 7.87. The van der Waals surface area contributed by atoms with E-state index in [0.29, 0.717) is 34.7 Å². The molecule has 1 fully saturated rings. The summed E-state index contributed by atoms with van der Waals surface area (Å²) >= 11 is 0. The van der Waals surface area contributed by atoms with Crippen LogP contribution in [0.25, 0.3) is 5.52 Å². The Morgan fingerprint density at radius 3 is 2.24 bits per heavy atom. The molecule has 320 valence electrons. The second kappa shape index (κ2) is 25.1. The van der Waals surface area contributed by atoms with E-state index < -0.39 is 38.3 Å². The number of benzene rings is 1. The zero-order chi connectivity index (χ0) is 41.6.